The number of hydrogen-bond acceptors (Lipinski definition) is 1. The highest BCUT2D eigenvalue weighted by atomic mass is 14.6. The van der Waals surface area contributed by atoms with Gasteiger partial charge < -0.3 is 0 Å². The molecule has 1 aromatic heterocycles. The summed E-state index contributed by atoms with van der Waals surface area (Å²) in [5, 5.41) is 0. The second-order valence-corrected chi connectivity index (χ2v) is 3.05. The summed E-state index contributed by atoms with van der Waals surface area (Å²) in [5.41, 5.74) is 1.99. The molecule has 76 valence electrons. The summed E-state index contributed by atoms with van der Waals surface area (Å²) in [6.45, 7) is 4.10. The van der Waals surface area contributed by atoms with Gasteiger partial charge in [-0.1, -0.05) is 37.0 Å². The number of pyridine rings is 1. The van der Waals surface area contributed by atoms with Gasteiger partial charge in [0.1, 0.15) is 0 Å². The minimum absolute atomic E-state index is 0.946. The van der Waals surface area contributed by atoms with E-state index in [2.05, 4.69) is 29.8 Å². The molecule has 0 aliphatic heterocycles. The van der Waals surface area contributed by atoms with Gasteiger partial charge in [0.25, 0.3) is 0 Å². The van der Waals surface area contributed by atoms with Gasteiger partial charge in [0, 0.05) is 23.5 Å². The fourth-order valence-electron chi connectivity index (χ4n) is 1.04. The van der Waals surface area contributed by atoms with Crippen LogP contribution in [0.1, 0.15) is 25.8 Å². The van der Waals surface area contributed by atoms with E-state index in [0.717, 1.165) is 17.6 Å². The Kier molecular flexibility index (Phi) is 4.97. The molecular weight excluding hydrogens is 182 g/mol. The Morgan fingerprint density at radius 2 is 2.40 bits per heavy atom. The fraction of sp³-hybridized carbons (Fsp3) is 0.214. The van der Waals surface area contributed by atoms with Crippen LogP contribution in [0.25, 0.3) is 0 Å². The van der Waals surface area contributed by atoms with Crippen molar-refractivity contribution >= 4 is 0 Å². The molecular formula is C14H15N. The molecule has 0 N–H and O–H groups in total. The summed E-state index contributed by atoms with van der Waals surface area (Å²) in [7, 11) is 0. The summed E-state index contributed by atoms with van der Waals surface area (Å²) in [4.78, 5) is 4.01. The van der Waals surface area contributed by atoms with E-state index >= 15 is 0 Å². The van der Waals surface area contributed by atoms with E-state index in [1.165, 1.54) is 0 Å². The molecule has 1 aromatic rings. The zero-order valence-corrected chi connectivity index (χ0v) is 9.20. The molecule has 0 saturated carbocycles. The first-order valence-electron chi connectivity index (χ1n) is 5.11. The minimum Gasteiger partial charge on any atom is -0.263 e. The van der Waals surface area contributed by atoms with Gasteiger partial charge in [0.2, 0.25) is 0 Å². The van der Waals surface area contributed by atoms with Crippen LogP contribution < -0.4 is 0 Å². The Bertz CT molecular complexity index is 402. The van der Waals surface area contributed by atoms with E-state index in [1.54, 1.807) is 12.4 Å². The van der Waals surface area contributed by atoms with Crippen molar-refractivity contribution in [2.75, 3.05) is 0 Å². The Balaban J connectivity index is 2.76. The zero-order valence-electron chi connectivity index (χ0n) is 9.20. The van der Waals surface area contributed by atoms with Crippen LogP contribution in [0.15, 0.2) is 48.3 Å². The van der Waals surface area contributed by atoms with Crippen molar-refractivity contribution in [1.29, 1.82) is 0 Å². The topological polar surface area (TPSA) is 12.9 Å². The van der Waals surface area contributed by atoms with E-state index in [4.69, 9.17) is 0 Å². The van der Waals surface area contributed by atoms with E-state index in [-0.39, 0.29) is 0 Å². The molecule has 0 aromatic carbocycles. The third kappa shape index (κ3) is 4.28. The van der Waals surface area contributed by atoms with Crippen molar-refractivity contribution in [3.05, 3.63) is 53.9 Å². The number of aromatic nitrogens is 1. The van der Waals surface area contributed by atoms with Gasteiger partial charge in [-0.25, -0.2) is 0 Å². The molecule has 0 bridgehead atoms. The highest BCUT2D eigenvalue weighted by molar-refractivity contribution is 5.43. The average Bonchev–Trinajstić information content (AvgIpc) is 2.31. The molecule has 0 atom stereocenters. The van der Waals surface area contributed by atoms with Crippen molar-refractivity contribution in [3.8, 4) is 11.8 Å². The lowest BCUT2D eigenvalue weighted by molar-refractivity contribution is 1.22. The molecule has 0 spiro atoms. The first kappa shape index (κ1) is 11.3. The van der Waals surface area contributed by atoms with Gasteiger partial charge >= 0.3 is 0 Å². The summed E-state index contributed by atoms with van der Waals surface area (Å²) in [6.07, 6.45) is 10.7. The molecule has 0 fully saturated rings. The van der Waals surface area contributed by atoms with Gasteiger partial charge in [-0.15, -0.1) is 0 Å². The Morgan fingerprint density at radius 3 is 3.00 bits per heavy atom. The zero-order chi connectivity index (χ0) is 10.9. The maximum absolute atomic E-state index is 4.01. The lowest BCUT2D eigenvalue weighted by Gasteiger charge is -1.88. The molecule has 0 aliphatic rings. The molecule has 0 radical (unpaired) electrons. The second kappa shape index (κ2) is 6.62. The number of rotatable bonds is 2. The molecule has 0 unspecified atom stereocenters. The average molecular weight is 197 g/mol. The Hall–Kier alpha value is -1.81. The standard InChI is InChI=1S/C14H15N/c1-3-5-7-13(4-2)9-10-14-8-6-11-15-12-14/h4-8,11-12H,3H2,1-2H3/b7-5-,13-4+. The van der Waals surface area contributed by atoms with Gasteiger partial charge in [0.05, 0.1) is 0 Å². The lowest BCUT2D eigenvalue weighted by Crippen LogP contribution is -1.76. The lowest BCUT2D eigenvalue weighted by atomic mass is 10.2. The van der Waals surface area contributed by atoms with E-state index in [1.807, 2.05) is 31.2 Å². The molecule has 1 nitrogen and oxygen atoms in total. The smallest absolute Gasteiger partial charge is 0.0432 e. The van der Waals surface area contributed by atoms with Crippen LogP contribution in [-0.2, 0) is 0 Å². The van der Waals surface area contributed by atoms with Crippen LogP contribution in [0.4, 0.5) is 0 Å². The van der Waals surface area contributed by atoms with Gasteiger partial charge in [-0.3, -0.25) is 4.98 Å². The molecule has 1 rings (SSSR count). The van der Waals surface area contributed by atoms with Crippen LogP contribution in [0.2, 0.25) is 0 Å². The van der Waals surface area contributed by atoms with Crippen LogP contribution >= 0.6 is 0 Å². The fourth-order valence-corrected chi connectivity index (χ4v) is 1.04. The molecule has 15 heavy (non-hydrogen) atoms. The first-order valence-corrected chi connectivity index (χ1v) is 5.11. The Labute approximate surface area is 91.6 Å². The largest absolute Gasteiger partial charge is 0.263 e. The minimum atomic E-state index is 0.946. The van der Waals surface area contributed by atoms with Crippen LogP contribution in [-0.4, -0.2) is 4.98 Å². The third-order valence-corrected chi connectivity index (χ3v) is 1.86. The van der Waals surface area contributed by atoms with Crippen LogP contribution in [0, 0.1) is 11.8 Å². The molecule has 1 heteroatoms. The second-order valence-electron chi connectivity index (χ2n) is 3.05. The summed E-state index contributed by atoms with van der Waals surface area (Å²) < 4.78 is 0. The summed E-state index contributed by atoms with van der Waals surface area (Å²) in [6, 6.07) is 3.85. The monoisotopic (exact) mass is 197 g/mol. The molecule has 0 aliphatic carbocycles. The quantitative estimate of drug-likeness (QED) is 0.523. The van der Waals surface area contributed by atoms with Gasteiger partial charge in [-0.05, 0) is 25.5 Å². The van der Waals surface area contributed by atoms with Crippen molar-refractivity contribution in [3.63, 3.8) is 0 Å². The first-order chi connectivity index (χ1) is 7.36. The normalized spacial score (nSPS) is 11.2. The van der Waals surface area contributed by atoms with Crippen molar-refractivity contribution in [1.82, 2.24) is 4.98 Å². The summed E-state index contributed by atoms with van der Waals surface area (Å²) >= 11 is 0. The highest BCUT2D eigenvalue weighted by Crippen LogP contribution is 1.98. The van der Waals surface area contributed by atoms with Crippen molar-refractivity contribution in [2.45, 2.75) is 20.3 Å². The van der Waals surface area contributed by atoms with Gasteiger partial charge in [-0.2, -0.15) is 0 Å². The maximum atomic E-state index is 4.01. The molecule has 0 amide bonds. The predicted octanol–water partition coefficient (Wildman–Crippen LogP) is 3.35. The van der Waals surface area contributed by atoms with Crippen LogP contribution in [0.5, 0.6) is 0 Å². The SMILES string of the molecule is C/C=C(C#Cc1cccnc1)\C=C/CC. The number of allylic oxidation sites excluding steroid dienone is 4. The van der Waals surface area contributed by atoms with E-state index in [0.29, 0.717) is 0 Å². The van der Waals surface area contributed by atoms with Crippen LogP contribution in [0.3, 0.4) is 0 Å². The van der Waals surface area contributed by atoms with E-state index < -0.39 is 0 Å². The van der Waals surface area contributed by atoms with Crippen molar-refractivity contribution < 1.29 is 0 Å². The van der Waals surface area contributed by atoms with Crippen molar-refractivity contribution in [2.24, 2.45) is 0 Å². The molecule has 1 heterocycles. The Morgan fingerprint density at radius 1 is 1.53 bits per heavy atom. The van der Waals surface area contributed by atoms with Gasteiger partial charge in [0.15, 0.2) is 0 Å². The number of nitrogens with zero attached hydrogens (tertiary/aromatic N) is 1. The summed E-state index contributed by atoms with van der Waals surface area (Å²) in [5.74, 6) is 6.18. The highest BCUT2D eigenvalue weighted by Gasteiger charge is 1.84. The predicted molar refractivity (Wildman–Crippen MR) is 64.3 cm³/mol. The molecule has 0 saturated heterocycles. The third-order valence-electron chi connectivity index (χ3n) is 1.86. The van der Waals surface area contributed by atoms with E-state index in [9.17, 15) is 0 Å². The maximum Gasteiger partial charge on any atom is 0.0432 e. The number of hydrogen-bond donors (Lipinski definition) is 0.